The number of thioether (sulfide) groups is 1. The van der Waals surface area contributed by atoms with Gasteiger partial charge in [0.1, 0.15) is 11.3 Å². The third-order valence-corrected chi connectivity index (χ3v) is 5.83. The van der Waals surface area contributed by atoms with Crippen LogP contribution in [0.15, 0.2) is 53.7 Å². The van der Waals surface area contributed by atoms with E-state index in [1.165, 1.54) is 22.3 Å². The number of rotatable bonds is 7. The fraction of sp³-hybridized carbons (Fsp3) is 0.263. The number of halogens is 1. The molecule has 0 saturated heterocycles. The molecule has 3 rings (SSSR count). The molecule has 1 aromatic carbocycles. The van der Waals surface area contributed by atoms with Gasteiger partial charge in [-0.3, -0.25) is 4.98 Å². The van der Waals surface area contributed by atoms with Crippen molar-refractivity contribution in [3.8, 4) is 0 Å². The van der Waals surface area contributed by atoms with Gasteiger partial charge in [0.2, 0.25) is 0 Å². The van der Waals surface area contributed by atoms with Gasteiger partial charge in [-0.25, -0.2) is 9.37 Å². The van der Waals surface area contributed by atoms with E-state index in [0.717, 1.165) is 27.7 Å². The van der Waals surface area contributed by atoms with Gasteiger partial charge < -0.3 is 4.90 Å². The zero-order valence-corrected chi connectivity index (χ0v) is 15.9. The second kappa shape index (κ2) is 8.45. The van der Waals surface area contributed by atoms with Crippen LogP contribution in [0.25, 0.3) is 10.2 Å². The molecule has 0 aliphatic heterocycles. The van der Waals surface area contributed by atoms with Crippen LogP contribution in [0.4, 0.5) is 9.52 Å². The molecule has 0 bridgehead atoms. The van der Waals surface area contributed by atoms with Crippen molar-refractivity contribution in [3.63, 3.8) is 0 Å². The van der Waals surface area contributed by atoms with Gasteiger partial charge in [-0.05, 0) is 41.3 Å². The van der Waals surface area contributed by atoms with Crippen molar-refractivity contribution < 1.29 is 4.39 Å². The molecule has 3 aromatic rings. The summed E-state index contributed by atoms with van der Waals surface area (Å²) in [5, 5.41) is 0.833. The molecule has 6 heteroatoms. The standard InChI is InChI=1S/C19H20FN3S2/c1-3-15(24-4-2)13-23(12-14-7-6-10-21-11-14)19-22-18-16(20)8-5-9-17(18)25-19/h3,5-11H,4,12-13H2,1-2H3/b15-3-. The Balaban J connectivity index is 1.95. The van der Waals surface area contributed by atoms with Crippen LogP contribution in [0.3, 0.4) is 0 Å². The Morgan fingerprint density at radius 1 is 1.32 bits per heavy atom. The van der Waals surface area contributed by atoms with Gasteiger partial charge in [0.15, 0.2) is 5.13 Å². The van der Waals surface area contributed by atoms with E-state index >= 15 is 0 Å². The normalized spacial score (nSPS) is 11.9. The summed E-state index contributed by atoms with van der Waals surface area (Å²) < 4.78 is 14.9. The predicted molar refractivity (Wildman–Crippen MR) is 107 cm³/mol. The number of hydrogen-bond donors (Lipinski definition) is 0. The van der Waals surface area contributed by atoms with Crippen molar-refractivity contribution in [1.29, 1.82) is 0 Å². The van der Waals surface area contributed by atoms with E-state index in [4.69, 9.17) is 0 Å². The molecule has 0 spiro atoms. The second-order valence-corrected chi connectivity index (χ2v) is 7.89. The Bertz CT molecular complexity index is 861. The quantitative estimate of drug-likeness (QED) is 0.547. The highest BCUT2D eigenvalue weighted by Crippen LogP contribution is 2.32. The summed E-state index contributed by atoms with van der Waals surface area (Å²) in [6.07, 6.45) is 5.77. The molecule has 0 fully saturated rings. The van der Waals surface area contributed by atoms with E-state index < -0.39 is 0 Å². The first-order valence-corrected chi connectivity index (χ1v) is 9.98. The summed E-state index contributed by atoms with van der Waals surface area (Å²) in [7, 11) is 0. The highest BCUT2D eigenvalue weighted by molar-refractivity contribution is 8.03. The maximum absolute atomic E-state index is 14.0. The zero-order chi connectivity index (χ0) is 17.6. The first kappa shape index (κ1) is 17.9. The van der Waals surface area contributed by atoms with Crippen LogP contribution in [-0.2, 0) is 6.54 Å². The molecule has 0 radical (unpaired) electrons. The molecule has 25 heavy (non-hydrogen) atoms. The van der Waals surface area contributed by atoms with E-state index in [0.29, 0.717) is 12.1 Å². The minimum atomic E-state index is -0.268. The Morgan fingerprint density at radius 2 is 2.20 bits per heavy atom. The number of nitrogens with zero attached hydrogens (tertiary/aromatic N) is 3. The SMILES string of the molecule is C/C=C(/CN(Cc1cccnc1)c1nc2c(F)cccc2s1)SCC. The van der Waals surface area contributed by atoms with Crippen LogP contribution in [0.5, 0.6) is 0 Å². The molecule has 0 aliphatic carbocycles. The van der Waals surface area contributed by atoms with Gasteiger partial charge in [0.05, 0.1) is 11.2 Å². The van der Waals surface area contributed by atoms with Gasteiger partial charge in [0, 0.05) is 18.9 Å². The maximum Gasteiger partial charge on any atom is 0.187 e. The minimum absolute atomic E-state index is 0.268. The lowest BCUT2D eigenvalue weighted by atomic mass is 10.2. The number of fused-ring (bicyclic) bond motifs is 1. The number of para-hydroxylation sites is 1. The molecule has 2 aromatic heterocycles. The molecule has 0 amide bonds. The van der Waals surface area contributed by atoms with Crippen molar-refractivity contribution in [1.82, 2.24) is 9.97 Å². The highest BCUT2D eigenvalue weighted by Gasteiger charge is 2.16. The van der Waals surface area contributed by atoms with E-state index in [9.17, 15) is 4.39 Å². The number of anilines is 1. The van der Waals surface area contributed by atoms with E-state index in [1.807, 2.05) is 30.1 Å². The molecular formula is C19H20FN3S2. The Kier molecular flexibility index (Phi) is 6.04. The van der Waals surface area contributed by atoms with Crippen LogP contribution in [0, 0.1) is 5.82 Å². The molecule has 0 N–H and O–H groups in total. The van der Waals surface area contributed by atoms with E-state index in [1.54, 1.807) is 12.3 Å². The predicted octanol–water partition coefficient (Wildman–Crippen LogP) is 5.49. The van der Waals surface area contributed by atoms with Gasteiger partial charge in [-0.2, -0.15) is 0 Å². The molecule has 2 heterocycles. The summed E-state index contributed by atoms with van der Waals surface area (Å²) in [6.45, 7) is 5.65. The Labute approximate surface area is 155 Å². The van der Waals surface area contributed by atoms with Crippen LogP contribution >= 0.6 is 23.1 Å². The molecule has 0 aliphatic rings. The average Bonchev–Trinajstić information content (AvgIpc) is 3.07. The van der Waals surface area contributed by atoms with Crippen molar-refractivity contribution in [2.45, 2.75) is 20.4 Å². The summed E-state index contributed by atoms with van der Waals surface area (Å²) in [5.41, 5.74) is 1.56. The largest absolute Gasteiger partial charge is 0.339 e. The number of hydrogen-bond acceptors (Lipinski definition) is 5. The summed E-state index contributed by atoms with van der Waals surface area (Å²) in [6, 6.07) is 9.09. The Morgan fingerprint density at radius 3 is 2.88 bits per heavy atom. The second-order valence-electron chi connectivity index (χ2n) is 5.49. The fourth-order valence-electron chi connectivity index (χ4n) is 2.54. The molecule has 0 saturated carbocycles. The van der Waals surface area contributed by atoms with Crippen LogP contribution in [0.1, 0.15) is 19.4 Å². The van der Waals surface area contributed by atoms with Gasteiger partial charge in [-0.1, -0.05) is 36.5 Å². The van der Waals surface area contributed by atoms with Crippen molar-refractivity contribution in [3.05, 3.63) is 65.1 Å². The molecule has 0 atom stereocenters. The molecule has 0 unspecified atom stereocenters. The van der Waals surface area contributed by atoms with Crippen LogP contribution < -0.4 is 4.90 Å². The zero-order valence-electron chi connectivity index (χ0n) is 14.3. The third kappa shape index (κ3) is 4.38. The third-order valence-electron chi connectivity index (χ3n) is 3.72. The molecular weight excluding hydrogens is 353 g/mol. The van der Waals surface area contributed by atoms with Gasteiger partial charge >= 0.3 is 0 Å². The number of aromatic nitrogens is 2. The van der Waals surface area contributed by atoms with E-state index in [-0.39, 0.29) is 5.82 Å². The topological polar surface area (TPSA) is 29.0 Å². The first-order valence-electron chi connectivity index (χ1n) is 8.18. The number of benzene rings is 1. The van der Waals surface area contributed by atoms with E-state index in [2.05, 4.69) is 40.9 Å². The monoisotopic (exact) mass is 373 g/mol. The number of allylic oxidation sites excluding steroid dienone is 1. The number of thiazole rings is 1. The summed E-state index contributed by atoms with van der Waals surface area (Å²) >= 11 is 3.35. The molecule has 130 valence electrons. The smallest absolute Gasteiger partial charge is 0.187 e. The van der Waals surface area contributed by atoms with Crippen molar-refractivity contribution in [2.75, 3.05) is 17.2 Å². The first-order chi connectivity index (χ1) is 12.2. The maximum atomic E-state index is 14.0. The summed E-state index contributed by atoms with van der Waals surface area (Å²) in [5.74, 6) is 0.755. The van der Waals surface area contributed by atoms with Crippen LogP contribution in [0.2, 0.25) is 0 Å². The van der Waals surface area contributed by atoms with Gasteiger partial charge in [-0.15, -0.1) is 11.8 Å². The Hall–Kier alpha value is -1.92. The molecule has 3 nitrogen and oxygen atoms in total. The average molecular weight is 374 g/mol. The minimum Gasteiger partial charge on any atom is -0.339 e. The lowest BCUT2D eigenvalue weighted by Gasteiger charge is -2.23. The lowest BCUT2D eigenvalue weighted by molar-refractivity contribution is 0.637. The number of pyridine rings is 1. The van der Waals surface area contributed by atoms with Crippen molar-refractivity contribution in [2.24, 2.45) is 0 Å². The lowest BCUT2D eigenvalue weighted by Crippen LogP contribution is -2.24. The summed E-state index contributed by atoms with van der Waals surface area (Å²) in [4.78, 5) is 12.2. The highest BCUT2D eigenvalue weighted by atomic mass is 32.2. The van der Waals surface area contributed by atoms with Crippen molar-refractivity contribution >= 4 is 38.4 Å². The van der Waals surface area contributed by atoms with Crippen LogP contribution in [-0.4, -0.2) is 22.3 Å². The fourth-order valence-corrected chi connectivity index (χ4v) is 4.30. The van der Waals surface area contributed by atoms with Gasteiger partial charge in [0.25, 0.3) is 0 Å².